The minimum Gasteiger partial charge on any atom is -0.475 e. The summed E-state index contributed by atoms with van der Waals surface area (Å²) in [6.07, 6.45) is 0. The summed E-state index contributed by atoms with van der Waals surface area (Å²) in [4.78, 5) is 23.3. The van der Waals surface area contributed by atoms with Gasteiger partial charge in [-0.15, -0.1) is 0 Å². The SMILES string of the molecule is CCN(CC(N)=O)C(C)c1ccc(C(=O)O)o1. The molecule has 1 atom stereocenters. The van der Waals surface area contributed by atoms with Crippen LogP contribution in [0.5, 0.6) is 0 Å². The second kappa shape index (κ2) is 5.49. The van der Waals surface area contributed by atoms with Gasteiger partial charge in [-0.05, 0) is 25.6 Å². The van der Waals surface area contributed by atoms with Crippen LogP contribution in [-0.4, -0.2) is 35.0 Å². The van der Waals surface area contributed by atoms with E-state index < -0.39 is 11.9 Å². The summed E-state index contributed by atoms with van der Waals surface area (Å²) < 4.78 is 5.18. The van der Waals surface area contributed by atoms with Crippen LogP contribution in [0.25, 0.3) is 0 Å². The van der Waals surface area contributed by atoms with Crippen molar-refractivity contribution in [3.8, 4) is 0 Å². The van der Waals surface area contributed by atoms with Crippen molar-refractivity contribution in [3.63, 3.8) is 0 Å². The van der Waals surface area contributed by atoms with Crippen molar-refractivity contribution < 1.29 is 19.1 Å². The first kappa shape index (κ1) is 13.2. The number of nitrogens with two attached hydrogens (primary N) is 1. The third-order valence-electron chi connectivity index (χ3n) is 2.56. The molecule has 0 aliphatic heterocycles. The van der Waals surface area contributed by atoms with Gasteiger partial charge in [-0.3, -0.25) is 9.69 Å². The standard InChI is InChI=1S/C11H16N2O4/c1-3-13(6-10(12)14)7(2)8-4-5-9(17-8)11(15)16/h4-5,7H,3,6H2,1-2H3,(H2,12,14)(H,15,16). The van der Waals surface area contributed by atoms with Gasteiger partial charge in [-0.2, -0.15) is 0 Å². The number of nitrogens with zero attached hydrogens (tertiary/aromatic N) is 1. The number of hydrogen-bond donors (Lipinski definition) is 2. The third-order valence-corrected chi connectivity index (χ3v) is 2.56. The largest absolute Gasteiger partial charge is 0.475 e. The molecular weight excluding hydrogens is 224 g/mol. The van der Waals surface area contributed by atoms with Crippen molar-refractivity contribution in [3.05, 3.63) is 23.7 Å². The summed E-state index contributed by atoms with van der Waals surface area (Å²) in [6, 6.07) is 2.80. The Bertz CT molecular complexity index is 413. The Hall–Kier alpha value is -1.82. The summed E-state index contributed by atoms with van der Waals surface area (Å²) in [5, 5.41) is 8.74. The highest BCUT2D eigenvalue weighted by Crippen LogP contribution is 2.22. The minimum absolute atomic E-state index is 0.109. The number of primary amides is 1. The molecule has 1 aromatic heterocycles. The fourth-order valence-electron chi connectivity index (χ4n) is 1.60. The van der Waals surface area contributed by atoms with Gasteiger partial charge in [0.2, 0.25) is 11.7 Å². The maximum Gasteiger partial charge on any atom is 0.371 e. The number of carboxylic acid groups (broad SMARTS) is 1. The first-order valence-corrected chi connectivity index (χ1v) is 5.31. The summed E-state index contributed by atoms with van der Waals surface area (Å²) >= 11 is 0. The Labute approximate surface area is 99.0 Å². The number of carbonyl (C=O) groups is 2. The van der Waals surface area contributed by atoms with E-state index in [-0.39, 0.29) is 18.3 Å². The number of carbonyl (C=O) groups excluding carboxylic acids is 1. The van der Waals surface area contributed by atoms with Crippen molar-refractivity contribution in [1.29, 1.82) is 0 Å². The van der Waals surface area contributed by atoms with Crippen LogP contribution in [0.2, 0.25) is 0 Å². The van der Waals surface area contributed by atoms with Crippen LogP contribution in [0.15, 0.2) is 16.5 Å². The number of rotatable bonds is 6. The minimum atomic E-state index is -1.11. The van der Waals surface area contributed by atoms with Gasteiger partial charge < -0.3 is 15.3 Å². The normalized spacial score (nSPS) is 12.6. The van der Waals surface area contributed by atoms with Crippen LogP contribution in [-0.2, 0) is 4.79 Å². The maximum absolute atomic E-state index is 10.9. The molecule has 0 bridgehead atoms. The molecule has 0 aliphatic rings. The molecule has 1 amide bonds. The zero-order valence-corrected chi connectivity index (χ0v) is 9.84. The zero-order chi connectivity index (χ0) is 13.0. The predicted octanol–water partition coefficient (Wildman–Crippen LogP) is 0.846. The van der Waals surface area contributed by atoms with Crippen molar-refractivity contribution in [2.75, 3.05) is 13.1 Å². The highest BCUT2D eigenvalue weighted by molar-refractivity contribution is 5.84. The number of furan rings is 1. The highest BCUT2D eigenvalue weighted by atomic mass is 16.4. The van der Waals surface area contributed by atoms with Crippen molar-refractivity contribution >= 4 is 11.9 Å². The number of hydrogen-bond acceptors (Lipinski definition) is 4. The molecule has 1 aromatic rings. The van der Waals surface area contributed by atoms with Crippen LogP contribution in [0.4, 0.5) is 0 Å². The number of amides is 1. The van der Waals surface area contributed by atoms with Crippen LogP contribution >= 0.6 is 0 Å². The molecule has 6 heteroatoms. The van der Waals surface area contributed by atoms with Gasteiger partial charge in [0.15, 0.2) is 0 Å². The lowest BCUT2D eigenvalue weighted by Crippen LogP contribution is -2.35. The molecule has 94 valence electrons. The molecule has 0 aromatic carbocycles. The molecule has 6 nitrogen and oxygen atoms in total. The molecule has 0 spiro atoms. The average Bonchev–Trinajstić information content (AvgIpc) is 2.73. The zero-order valence-electron chi connectivity index (χ0n) is 9.84. The van der Waals surface area contributed by atoms with Gasteiger partial charge in [0, 0.05) is 0 Å². The molecule has 0 radical (unpaired) electrons. The Morgan fingerprint density at radius 1 is 1.53 bits per heavy atom. The molecule has 0 aliphatic carbocycles. The summed E-state index contributed by atoms with van der Waals surface area (Å²) in [6.45, 7) is 4.45. The molecule has 0 saturated carbocycles. The summed E-state index contributed by atoms with van der Waals surface area (Å²) in [5.74, 6) is -1.14. The van der Waals surface area contributed by atoms with E-state index >= 15 is 0 Å². The maximum atomic E-state index is 10.9. The van der Waals surface area contributed by atoms with Gasteiger partial charge in [0.25, 0.3) is 0 Å². The van der Waals surface area contributed by atoms with Crippen molar-refractivity contribution in [1.82, 2.24) is 4.90 Å². The Kier molecular flexibility index (Phi) is 4.28. The quantitative estimate of drug-likeness (QED) is 0.768. The predicted molar refractivity (Wildman–Crippen MR) is 60.5 cm³/mol. The van der Waals surface area contributed by atoms with E-state index in [2.05, 4.69) is 0 Å². The average molecular weight is 240 g/mol. The molecular formula is C11H16N2O4. The van der Waals surface area contributed by atoms with Gasteiger partial charge in [0.1, 0.15) is 5.76 Å². The van der Waals surface area contributed by atoms with E-state index in [9.17, 15) is 9.59 Å². The fraction of sp³-hybridized carbons (Fsp3) is 0.455. The molecule has 0 fully saturated rings. The summed E-state index contributed by atoms with van der Waals surface area (Å²) in [7, 11) is 0. The Balaban J connectivity index is 2.81. The van der Waals surface area contributed by atoms with Crippen LogP contribution in [0.3, 0.4) is 0 Å². The monoisotopic (exact) mass is 240 g/mol. The number of aromatic carboxylic acids is 1. The van der Waals surface area contributed by atoms with E-state index in [1.54, 1.807) is 11.0 Å². The first-order valence-electron chi connectivity index (χ1n) is 5.31. The second-order valence-electron chi connectivity index (χ2n) is 3.71. The Morgan fingerprint density at radius 3 is 2.59 bits per heavy atom. The lowest BCUT2D eigenvalue weighted by molar-refractivity contribution is -0.119. The van der Waals surface area contributed by atoms with E-state index in [0.29, 0.717) is 12.3 Å². The molecule has 17 heavy (non-hydrogen) atoms. The van der Waals surface area contributed by atoms with E-state index in [1.165, 1.54) is 6.07 Å². The van der Waals surface area contributed by atoms with Crippen LogP contribution in [0.1, 0.15) is 36.2 Å². The van der Waals surface area contributed by atoms with Crippen LogP contribution < -0.4 is 5.73 Å². The van der Waals surface area contributed by atoms with Crippen molar-refractivity contribution in [2.24, 2.45) is 5.73 Å². The van der Waals surface area contributed by atoms with Crippen molar-refractivity contribution in [2.45, 2.75) is 19.9 Å². The van der Waals surface area contributed by atoms with Gasteiger partial charge in [0.05, 0.1) is 12.6 Å². The third kappa shape index (κ3) is 3.32. The number of carboxylic acids is 1. The topological polar surface area (TPSA) is 96.8 Å². The fourth-order valence-corrected chi connectivity index (χ4v) is 1.60. The lowest BCUT2D eigenvalue weighted by Gasteiger charge is -2.24. The van der Waals surface area contributed by atoms with Gasteiger partial charge >= 0.3 is 5.97 Å². The first-order chi connectivity index (χ1) is 7.95. The van der Waals surface area contributed by atoms with Gasteiger partial charge in [-0.1, -0.05) is 6.92 Å². The second-order valence-corrected chi connectivity index (χ2v) is 3.71. The molecule has 1 unspecified atom stereocenters. The molecule has 3 N–H and O–H groups in total. The summed E-state index contributed by atoms with van der Waals surface area (Å²) in [5.41, 5.74) is 5.13. The van der Waals surface area contributed by atoms with E-state index in [4.69, 9.17) is 15.3 Å². The van der Waals surface area contributed by atoms with Gasteiger partial charge in [-0.25, -0.2) is 4.79 Å². The smallest absolute Gasteiger partial charge is 0.371 e. The highest BCUT2D eigenvalue weighted by Gasteiger charge is 2.20. The number of likely N-dealkylation sites (N-methyl/N-ethyl adjacent to an activating group) is 1. The molecule has 1 heterocycles. The lowest BCUT2D eigenvalue weighted by atomic mass is 10.2. The van der Waals surface area contributed by atoms with E-state index in [0.717, 1.165) is 0 Å². The Morgan fingerprint density at radius 2 is 2.18 bits per heavy atom. The molecule has 0 saturated heterocycles. The van der Waals surface area contributed by atoms with Crippen LogP contribution in [0, 0.1) is 0 Å². The van der Waals surface area contributed by atoms with E-state index in [1.807, 2.05) is 13.8 Å². The molecule has 1 rings (SSSR count).